The minimum absolute atomic E-state index is 0.131. The van der Waals surface area contributed by atoms with E-state index in [9.17, 15) is 4.79 Å². The molecule has 1 aromatic carbocycles. The van der Waals surface area contributed by atoms with Crippen LogP contribution < -0.4 is 5.43 Å². The van der Waals surface area contributed by atoms with Crippen LogP contribution in [0.4, 0.5) is 5.95 Å². The number of amides is 1. The largest absolute Gasteiger partial charge is 0.312 e. The molecule has 0 radical (unpaired) electrons. The average Bonchev–Trinajstić information content (AvgIpc) is 3.03. The van der Waals surface area contributed by atoms with Crippen molar-refractivity contribution in [3.05, 3.63) is 35.0 Å². The molecule has 3 rings (SSSR count). The number of nitrogens with one attached hydrogen (secondary N) is 1. The quantitative estimate of drug-likeness (QED) is 0.948. The molecule has 0 bridgehead atoms. The van der Waals surface area contributed by atoms with E-state index in [2.05, 4.69) is 43.3 Å². The van der Waals surface area contributed by atoms with Crippen LogP contribution in [0.2, 0.25) is 0 Å². The van der Waals surface area contributed by atoms with Gasteiger partial charge in [0.15, 0.2) is 0 Å². The van der Waals surface area contributed by atoms with Gasteiger partial charge < -0.3 is 4.57 Å². The highest BCUT2D eigenvalue weighted by molar-refractivity contribution is 5.79. The Morgan fingerprint density at radius 2 is 1.86 bits per heavy atom. The number of imidazole rings is 1. The number of hydrogen-bond acceptors (Lipinski definition) is 3. The summed E-state index contributed by atoms with van der Waals surface area (Å²) in [6, 6.07) is 4.40. The number of nitrogens with zero attached hydrogens (tertiary/aromatic N) is 3. The number of aromatic nitrogens is 2. The van der Waals surface area contributed by atoms with Gasteiger partial charge in [0, 0.05) is 25.6 Å². The summed E-state index contributed by atoms with van der Waals surface area (Å²) in [5.41, 5.74) is 9.16. The molecule has 1 amide bonds. The molecule has 1 aliphatic heterocycles. The topological polar surface area (TPSA) is 50.2 Å². The van der Waals surface area contributed by atoms with Gasteiger partial charge in [-0.3, -0.25) is 15.2 Å². The minimum Gasteiger partial charge on any atom is -0.312 e. The number of aryl methyl sites for hydroxylation is 3. The molecule has 5 heteroatoms. The van der Waals surface area contributed by atoms with Gasteiger partial charge in [0.1, 0.15) is 0 Å². The molecular formula is C17H22N4O. The van der Waals surface area contributed by atoms with Crippen LogP contribution in [-0.4, -0.2) is 27.0 Å². The molecule has 0 spiro atoms. The molecule has 2 aromatic rings. The van der Waals surface area contributed by atoms with Crippen molar-refractivity contribution in [2.75, 3.05) is 12.0 Å². The van der Waals surface area contributed by atoms with Gasteiger partial charge in [-0.1, -0.05) is 6.07 Å². The summed E-state index contributed by atoms with van der Waals surface area (Å²) in [5, 5.41) is 1.65. The second-order valence-electron chi connectivity index (χ2n) is 6.04. The van der Waals surface area contributed by atoms with E-state index in [4.69, 9.17) is 0 Å². The Balaban J connectivity index is 1.93. The van der Waals surface area contributed by atoms with E-state index in [0.29, 0.717) is 12.4 Å². The third-order valence-electron chi connectivity index (χ3n) is 4.41. The first-order chi connectivity index (χ1) is 10.5. The summed E-state index contributed by atoms with van der Waals surface area (Å²) >= 11 is 0. The van der Waals surface area contributed by atoms with E-state index in [-0.39, 0.29) is 5.91 Å². The molecule has 0 atom stereocenters. The fourth-order valence-corrected chi connectivity index (χ4v) is 2.89. The van der Waals surface area contributed by atoms with Crippen LogP contribution in [-0.2, 0) is 11.8 Å². The van der Waals surface area contributed by atoms with Gasteiger partial charge in [-0.25, -0.2) is 4.98 Å². The summed E-state index contributed by atoms with van der Waals surface area (Å²) in [6.45, 7) is 7.10. The van der Waals surface area contributed by atoms with E-state index >= 15 is 0 Å². The van der Waals surface area contributed by atoms with Gasteiger partial charge in [-0.2, -0.15) is 0 Å². The molecule has 5 nitrogen and oxygen atoms in total. The maximum Gasteiger partial charge on any atom is 0.241 e. The van der Waals surface area contributed by atoms with Crippen molar-refractivity contribution < 1.29 is 4.79 Å². The normalized spacial score (nSPS) is 14.7. The number of hydrazine groups is 1. The Bertz CT molecular complexity index is 733. The zero-order valence-electron chi connectivity index (χ0n) is 13.6. The number of anilines is 1. The molecule has 1 fully saturated rings. The van der Waals surface area contributed by atoms with Crippen molar-refractivity contribution in [3.8, 4) is 11.3 Å². The Morgan fingerprint density at radius 1 is 1.14 bits per heavy atom. The molecule has 1 aromatic heterocycles. The predicted molar refractivity (Wildman–Crippen MR) is 87.4 cm³/mol. The minimum atomic E-state index is 0.131. The summed E-state index contributed by atoms with van der Waals surface area (Å²) in [4.78, 5) is 16.2. The van der Waals surface area contributed by atoms with Crippen molar-refractivity contribution in [1.82, 2.24) is 14.6 Å². The van der Waals surface area contributed by atoms with Crippen LogP contribution in [0.15, 0.2) is 18.3 Å². The van der Waals surface area contributed by atoms with E-state index in [0.717, 1.165) is 18.7 Å². The van der Waals surface area contributed by atoms with Crippen LogP contribution in [0.25, 0.3) is 11.3 Å². The molecular weight excluding hydrogens is 276 g/mol. The van der Waals surface area contributed by atoms with Crippen molar-refractivity contribution >= 4 is 11.9 Å². The summed E-state index contributed by atoms with van der Waals surface area (Å²) in [5.74, 6) is 0.829. The van der Waals surface area contributed by atoms with Gasteiger partial charge in [0.2, 0.25) is 11.9 Å². The zero-order chi connectivity index (χ0) is 15.9. The molecule has 2 heterocycles. The molecule has 116 valence electrons. The average molecular weight is 298 g/mol. The maximum absolute atomic E-state index is 11.7. The van der Waals surface area contributed by atoms with E-state index in [1.165, 1.54) is 22.3 Å². The SMILES string of the molecule is Cc1cc(C)c(-c2cnc(NN3CCCC3=O)n2C)cc1C. The van der Waals surface area contributed by atoms with Crippen LogP contribution in [0, 0.1) is 20.8 Å². The van der Waals surface area contributed by atoms with Crippen LogP contribution in [0.5, 0.6) is 0 Å². The van der Waals surface area contributed by atoms with E-state index in [1.54, 1.807) is 5.01 Å². The van der Waals surface area contributed by atoms with Crippen LogP contribution in [0.3, 0.4) is 0 Å². The monoisotopic (exact) mass is 298 g/mol. The highest BCUT2D eigenvalue weighted by Gasteiger charge is 2.22. The second kappa shape index (κ2) is 5.48. The fraction of sp³-hybridized carbons (Fsp3) is 0.412. The second-order valence-corrected chi connectivity index (χ2v) is 6.04. The molecule has 1 saturated heterocycles. The number of hydrogen-bond donors (Lipinski definition) is 1. The third kappa shape index (κ3) is 2.47. The molecule has 0 unspecified atom stereocenters. The zero-order valence-corrected chi connectivity index (χ0v) is 13.6. The highest BCUT2D eigenvalue weighted by Crippen LogP contribution is 2.28. The first-order valence-corrected chi connectivity index (χ1v) is 7.64. The lowest BCUT2D eigenvalue weighted by Gasteiger charge is -2.18. The Morgan fingerprint density at radius 3 is 2.55 bits per heavy atom. The standard InChI is InChI=1S/C17H22N4O/c1-11-8-13(3)14(9-12(11)2)15-10-18-17(20(15)4)19-21-7-5-6-16(21)22/h8-10H,5-7H2,1-4H3,(H,18,19). The lowest BCUT2D eigenvalue weighted by Crippen LogP contribution is -2.32. The van der Waals surface area contributed by atoms with Crippen LogP contribution >= 0.6 is 0 Å². The lowest BCUT2D eigenvalue weighted by atomic mass is 9.99. The molecule has 22 heavy (non-hydrogen) atoms. The predicted octanol–water partition coefficient (Wildman–Crippen LogP) is 2.96. The molecule has 1 aliphatic rings. The van der Waals surface area contributed by atoms with Gasteiger partial charge >= 0.3 is 0 Å². The summed E-state index contributed by atoms with van der Waals surface area (Å²) in [7, 11) is 1.97. The van der Waals surface area contributed by atoms with Gasteiger partial charge in [-0.05, 0) is 49.9 Å². The first kappa shape index (κ1) is 14.6. The number of benzene rings is 1. The summed E-state index contributed by atoms with van der Waals surface area (Å²) in [6.07, 6.45) is 3.37. The number of rotatable bonds is 3. The molecule has 0 aliphatic carbocycles. The molecule has 1 N–H and O–H groups in total. The first-order valence-electron chi connectivity index (χ1n) is 7.64. The van der Waals surface area contributed by atoms with Gasteiger partial charge in [-0.15, -0.1) is 0 Å². The van der Waals surface area contributed by atoms with Crippen molar-refractivity contribution in [2.24, 2.45) is 7.05 Å². The van der Waals surface area contributed by atoms with Crippen molar-refractivity contribution in [1.29, 1.82) is 0 Å². The Kier molecular flexibility index (Phi) is 3.64. The highest BCUT2D eigenvalue weighted by atomic mass is 16.2. The van der Waals surface area contributed by atoms with Gasteiger partial charge in [0.05, 0.1) is 11.9 Å². The maximum atomic E-state index is 11.7. The van der Waals surface area contributed by atoms with E-state index < -0.39 is 0 Å². The van der Waals surface area contributed by atoms with Crippen molar-refractivity contribution in [3.63, 3.8) is 0 Å². The fourth-order valence-electron chi connectivity index (χ4n) is 2.89. The molecule has 0 saturated carbocycles. The number of carbonyl (C=O) groups is 1. The lowest BCUT2D eigenvalue weighted by molar-refractivity contribution is -0.126. The Hall–Kier alpha value is -2.30. The van der Waals surface area contributed by atoms with Crippen molar-refractivity contribution in [2.45, 2.75) is 33.6 Å². The van der Waals surface area contributed by atoms with Crippen LogP contribution in [0.1, 0.15) is 29.5 Å². The number of carbonyl (C=O) groups excluding carboxylic acids is 1. The van der Waals surface area contributed by atoms with E-state index in [1.807, 2.05) is 17.8 Å². The smallest absolute Gasteiger partial charge is 0.241 e. The Labute approximate surface area is 130 Å². The van der Waals surface area contributed by atoms with Gasteiger partial charge in [0.25, 0.3) is 0 Å². The summed E-state index contributed by atoms with van der Waals surface area (Å²) < 4.78 is 2.00. The third-order valence-corrected chi connectivity index (χ3v) is 4.41.